The van der Waals surface area contributed by atoms with Crippen molar-refractivity contribution in [2.45, 2.75) is 38.9 Å². The molecule has 24 heavy (non-hydrogen) atoms. The lowest BCUT2D eigenvalue weighted by Crippen LogP contribution is -2.36. The maximum atomic E-state index is 12.2. The van der Waals surface area contributed by atoms with Crippen LogP contribution in [-0.2, 0) is 29.8 Å². The van der Waals surface area contributed by atoms with Crippen molar-refractivity contribution in [2.75, 3.05) is 12.3 Å². The minimum absolute atomic E-state index is 0.0000217. The summed E-state index contributed by atoms with van der Waals surface area (Å²) in [5.41, 5.74) is -0.863. The third-order valence-electron chi connectivity index (χ3n) is 3.04. The highest BCUT2D eigenvalue weighted by Crippen LogP contribution is 2.29. The Morgan fingerprint density at radius 2 is 2.04 bits per heavy atom. The van der Waals surface area contributed by atoms with Crippen molar-refractivity contribution in [1.82, 2.24) is 5.32 Å². The Morgan fingerprint density at radius 1 is 1.38 bits per heavy atom. The molecule has 0 aromatic carbocycles. The molecule has 8 nitrogen and oxygen atoms in total. The topological polar surface area (TPSA) is 119 Å². The van der Waals surface area contributed by atoms with Crippen LogP contribution in [0.3, 0.4) is 0 Å². The van der Waals surface area contributed by atoms with E-state index in [1.807, 2.05) is 17.5 Å². The van der Waals surface area contributed by atoms with Crippen LogP contribution >= 0.6 is 11.3 Å². The summed E-state index contributed by atoms with van der Waals surface area (Å²) >= 11 is 1.42. The lowest BCUT2D eigenvalue weighted by Gasteiger charge is -2.23. The summed E-state index contributed by atoms with van der Waals surface area (Å²) in [6.07, 6.45) is -1.91. The highest BCUT2D eigenvalue weighted by atomic mass is 32.2. The molecule has 0 aliphatic heterocycles. The lowest BCUT2D eigenvalue weighted by molar-refractivity contribution is -0.170. The molecule has 1 amide bonds. The highest BCUT2D eigenvalue weighted by Gasteiger charge is 2.34. The van der Waals surface area contributed by atoms with Gasteiger partial charge in [0, 0.05) is 18.3 Å². The van der Waals surface area contributed by atoms with Crippen molar-refractivity contribution < 1.29 is 32.0 Å². The molecule has 136 valence electrons. The average Bonchev–Trinajstić information content (AvgIpc) is 2.97. The van der Waals surface area contributed by atoms with E-state index in [1.54, 1.807) is 13.8 Å². The Labute approximate surface area is 144 Å². The van der Waals surface area contributed by atoms with Crippen LogP contribution in [0.1, 0.15) is 32.1 Å². The summed E-state index contributed by atoms with van der Waals surface area (Å²) < 4.78 is 39.6. The first kappa shape index (κ1) is 20.4. The number of thiophene rings is 1. The van der Waals surface area contributed by atoms with Crippen molar-refractivity contribution in [1.29, 1.82) is 0 Å². The van der Waals surface area contributed by atoms with Crippen LogP contribution in [0.4, 0.5) is 4.79 Å². The maximum Gasteiger partial charge on any atom is 0.410 e. The standard InChI is InChI=1S/C14H21NO7S2/c1-10(22-13(17)15-7-5-9-24(18,19)20)21-12(16)14(2,3)11-6-4-8-23-11/h4,6,8,10H,5,7,9H2,1-3H3,(H,15,17)(H,18,19,20). The van der Waals surface area contributed by atoms with Crippen LogP contribution in [0.25, 0.3) is 0 Å². The molecule has 1 aromatic heterocycles. The molecule has 1 aromatic rings. The van der Waals surface area contributed by atoms with Gasteiger partial charge in [-0.3, -0.25) is 9.35 Å². The van der Waals surface area contributed by atoms with E-state index in [4.69, 9.17) is 14.0 Å². The van der Waals surface area contributed by atoms with E-state index >= 15 is 0 Å². The summed E-state index contributed by atoms with van der Waals surface area (Å²) in [5.74, 6) is -0.996. The summed E-state index contributed by atoms with van der Waals surface area (Å²) in [6.45, 7) is 4.83. The number of carbonyl (C=O) groups is 2. The first-order chi connectivity index (χ1) is 11.0. The van der Waals surface area contributed by atoms with Gasteiger partial charge in [0.2, 0.25) is 6.29 Å². The number of ether oxygens (including phenoxy) is 2. The smallest absolute Gasteiger partial charge is 0.410 e. The van der Waals surface area contributed by atoms with E-state index in [-0.39, 0.29) is 13.0 Å². The third-order valence-corrected chi connectivity index (χ3v) is 5.04. The summed E-state index contributed by atoms with van der Waals surface area (Å²) in [5, 5.41) is 4.15. The third kappa shape index (κ3) is 6.85. The second-order valence-electron chi connectivity index (χ2n) is 5.55. The number of carbonyl (C=O) groups excluding carboxylic acids is 2. The Bertz CT molecular complexity index is 653. The number of esters is 1. The van der Waals surface area contributed by atoms with Gasteiger partial charge in [0.1, 0.15) is 0 Å². The molecule has 0 aliphatic carbocycles. The van der Waals surface area contributed by atoms with E-state index in [0.717, 1.165) is 4.88 Å². The first-order valence-electron chi connectivity index (χ1n) is 7.17. The Balaban J connectivity index is 2.38. The summed E-state index contributed by atoms with van der Waals surface area (Å²) in [7, 11) is -4.06. The van der Waals surface area contributed by atoms with Crippen LogP contribution in [0.15, 0.2) is 17.5 Å². The zero-order valence-corrected chi connectivity index (χ0v) is 15.3. The number of hydrogen-bond acceptors (Lipinski definition) is 7. The Morgan fingerprint density at radius 3 is 2.58 bits per heavy atom. The normalized spacial score (nSPS) is 13.2. The molecule has 1 rings (SSSR count). The largest absolute Gasteiger partial charge is 0.425 e. The van der Waals surface area contributed by atoms with Crippen molar-refractivity contribution in [3.8, 4) is 0 Å². The monoisotopic (exact) mass is 379 g/mol. The second-order valence-corrected chi connectivity index (χ2v) is 8.07. The van der Waals surface area contributed by atoms with Gasteiger partial charge in [-0.1, -0.05) is 6.07 Å². The van der Waals surface area contributed by atoms with E-state index in [9.17, 15) is 18.0 Å². The van der Waals surface area contributed by atoms with Crippen LogP contribution in [0.5, 0.6) is 0 Å². The molecule has 0 spiro atoms. The highest BCUT2D eigenvalue weighted by molar-refractivity contribution is 7.85. The second kappa shape index (κ2) is 8.45. The van der Waals surface area contributed by atoms with Gasteiger partial charge in [0.25, 0.3) is 10.1 Å². The molecule has 0 saturated carbocycles. The van der Waals surface area contributed by atoms with Crippen molar-refractivity contribution in [3.05, 3.63) is 22.4 Å². The summed E-state index contributed by atoms with van der Waals surface area (Å²) in [4.78, 5) is 24.5. The fourth-order valence-electron chi connectivity index (χ4n) is 1.69. The predicted octanol–water partition coefficient (Wildman–Crippen LogP) is 1.92. The molecule has 10 heteroatoms. The minimum Gasteiger partial charge on any atom is -0.425 e. The summed E-state index contributed by atoms with van der Waals surface area (Å²) in [6, 6.07) is 3.65. The van der Waals surface area contributed by atoms with E-state index < -0.39 is 39.6 Å². The van der Waals surface area contributed by atoms with Gasteiger partial charge >= 0.3 is 12.1 Å². The van der Waals surface area contributed by atoms with Gasteiger partial charge in [-0.2, -0.15) is 8.42 Å². The van der Waals surface area contributed by atoms with Gasteiger partial charge in [-0.15, -0.1) is 11.3 Å². The Hall–Kier alpha value is -1.65. The number of amides is 1. The number of rotatable bonds is 8. The molecule has 0 aliphatic rings. The van der Waals surface area contributed by atoms with E-state index in [1.165, 1.54) is 18.3 Å². The zero-order valence-electron chi connectivity index (χ0n) is 13.6. The average molecular weight is 379 g/mol. The zero-order chi connectivity index (χ0) is 18.4. The molecule has 2 N–H and O–H groups in total. The molecule has 1 unspecified atom stereocenters. The van der Waals surface area contributed by atoms with Gasteiger partial charge < -0.3 is 14.8 Å². The van der Waals surface area contributed by atoms with Gasteiger partial charge in [-0.25, -0.2) is 4.79 Å². The molecule has 0 bridgehead atoms. The molecular formula is C14H21NO7S2. The predicted molar refractivity (Wildman–Crippen MR) is 88.4 cm³/mol. The van der Waals surface area contributed by atoms with Gasteiger partial charge in [0.15, 0.2) is 0 Å². The number of nitrogens with one attached hydrogen (secondary N) is 1. The van der Waals surface area contributed by atoms with E-state index in [2.05, 4.69) is 5.32 Å². The minimum atomic E-state index is -4.06. The van der Waals surface area contributed by atoms with Crippen LogP contribution in [0.2, 0.25) is 0 Å². The maximum absolute atomic E-state index is 12.2. The molecule has 1 heterocycles. The Kier molecular flexibility index (Phi) is 7.18. The molecule has 0 fully saturated rings. The van der Waals surface area contributed by atoms with Crippen LogP contribution < -0.4 is 5.32 Å². The van der Waals surface area contributed by atoms with Crippen molar-refractivity contribution in [3.63, 3.8) is 0 Å². The number of hydrogen-bond donors (Lipinski definition) is 2. The van der Waals surface area contributed by atoms with Crippen LogP contribution in [0, 0.1) is 0 Å². The fourth-order valence-corrected chi connectivity index (χ4v) is 3.04. The molecular weight excluding hydrogens is 358 g/mol. The van der Waals surface area contributed by atoms with Crippen LogP contribution in [-0.4, -0.2) is 43.6 Å². The molecule has 1 atom stereocenters. The van der Waals surface area contributed by atoms with Crippen molar-refractivity contribution >= 4 is 33.5 Å². The molecule has 0 saturated heterocycles. The van der Waals surface area contributed by atoms with Crippen molar-refractivity contribution in [2.24, 2.45) is 0 Å². The SMILES string of the molecule is CC(OC(=O)NCCCS(=O)(=O)O)OC(=O)C(C)(C)c1cccs1. The van der Waals surface area contributed by atoms with E-state index in [0.29, 0.717) is 0 Å². The van der Waals surface area contributed by atoms with Gasteiger partial charge in [0.05, 0.1) is 11.2 Å². The lowest BCUT2D eigenvalue weighted by atomic mass is 9.92. The number of alkyl carbamates (subject to hydrolysis) is 1. The first-order valence-corrected chi connectivity index (χ1v) is 9.66. The quantitative estimate of drug-likeness (QED) is 0.306. The fraction of sp³-hybridized carbons (Fsp3) is 0.571. The molecule has 0 radical (unpaired) electrons. The van der Waals surface area contributed by atoms with Gasteiger partial charge in [-0.05, 0) is 31.7 Å².